The number of hydrogen-bond acceptors (Lipinski definition) is 7. The Balaban J connectivity index is 1.35. The number of nitrogens with zero attached hydrogens (tertiary/aromatic N) is 4. The van der Waals surface area contributed by atoms with Crippen molar-refractivity contribution < 1.29 is 14.5 Å². The lowest BCUT2D eigenvalue weighted by molar-refractivity contribution is -0.384. The number of thiocarbonyl (C=S) groups is 1. The largest absolute Gasteiger partial charge is 0.378 e. The number of nitrogens with one attached hydrogen (secondary N) is 1. The Hall–Kier alpha value is -3.24. The van der Waals surface area contributed by atoms with E-state index < -0.39 is 0 Å². The normalized spacial score (nSPS) is 16.4. The number of carbonyl (C=O) groups is 1. The number of nitro groups is 1. The molecule has 174 valence electrons. The zero-order chi connectivity index (χ0) is 23.2. The number of amides is 1. The van der Waals surface area contributed by atoms with E-state index in [2.05, 4.69) is 10.2 Å². The molecule has 2 saturated heterocycles. The van der Waals surface area contributed by atoms with Gasteiger partial charge >= 0.3 is 0 Å². The van der Waals surface area contributed by atoms with Crippen LogP contribution in [0.3, 0.4) is 0 Å². The highest BCUT2D eigenvalue weighted by atomic mass is 32.1. The van der Waals surface area contributed by atoms with Gasteiger partial charge in [0.15, 0.2) is 5.11 Å². The van der Waals surface area contributed by atoms with Crippen molar-refractivity contribution in [1.82, 2.24) is 10.2 Å². The van der Waals surface area contributed by atoms with E-state index in [1.165, 1.54) is 0 Å². The Kier molecular flexibility index (Phi) is 7.36. The van der Waals surface area contributed by atoms with Crippen LogP contribution in [0.15, 0.2) is 48.5 Å². The van der Waals surface area contributed by atoms with Crippen molar-refractivity contribution in [3.63, 3.8) is 0 Å². The summed E-state index contributed by atoms with van der Waals surface area (Å²) in [6.07, 6.45) is 0.286. The van der Waals surface area contributed by atoms with E-state index in [1.54, 1.807) is 12.1 Å². The summed E-state index contributed by atoms with van der Waals surface area (Å²) in [7, 11) is 0. The number of morpholine rings is 1. The van der Waals surface area contributed by atoms with Crippen molar-refractivity contribution in [1.29, 1.82) is 0 Å². The summed E-state index contributed by atoms with van der Waals surface area (Å²) in [5, 5.41) is 14.8. The second-order valence-corrected chi connectivity index (χ2v) is 8.41. The summed E-state index contributed by atoms with van der Waals surface area (Å²) in [6.45, 7) is 5.12. The van der Waals surface area contributed by atoms with E-state index >= 15 is 0 Å². The van der Waals surface area contributed by atoms with Crippen LogP contribution >= 0.6 is 12.2 Å². The number of nitro benzene ring substituents is 1. The molecular formula is C23H27N5O4S. The standard InChI is InChI=1S/C23H27N5O4S/c29-22(16-18-4-2-1-3-5-18)24-23(33)27-10-8-25(9-11-27)19-6-7-20(28(30)31)21(17-19)26-12-14-32-15-13-26/h1-7,17H,8-16H2,(H,24,29,33). The van der Waals surface area contributed by atoms with Gasteiger partial charge in [0.1, 0.15) is 5.69 Å². The highest BCUT2D eigenvalue weighted by Gasteiger charge is 2.25. The minimum atomic E-state index is -0.330. The summed E-state index contributed by atoms with van der Waals surface area (Å²) in [5.74, 6) is -0.126. The molecule has 0 aromatic heterocycles. The van der Waals surface area contributed by atoms with Gasteiger partial charge in [0, 0.05) is 51.0 Å². The smallest absolute Gasteiger partial charge is 0.292 e. The van der Waals surface area contributed by atoms with Crippen LogP contribution in [0.4, 0.5) is 17.1 Å². The van der Waals surface area contributed by atoms with Gasteiger partial charge in [-0.3, -0.25) is 14.9 Å². The van der Waals surface area contributed by atoms with Gasteiger partial charge < -0.3 is 24.8 Å². The van der Waals surface area contributed by atoms with Crippen LogP contribution in [-0.4, -0.2) is 73.3 Å². The Morgan fingerprint density at radius 1 is 1.00 bits per heavy atom. The molecule has 0 unspecified atom stereocenters. The Morgan fingerprint density at radius 2 is 1.70 bits per heavy atom. The molecule has 9 nitrogen and oxygen atoms in total. The Morgan fingerprint density at radius 3 is 2.36 bits per heavy atom. The van der Waals surface area contributed by atoms with E-state index in [0.29, 0.717) is 63.3 Å². The summed E-state index contributed by atoms with van der Waals surface area (Å²) in [5.41, 5.74) is 2.63. The van der Waals surface area contributed by atoms with Gasteiger partial charge in [-0.2, -0.15) is 0 Å². The van der Waals surface area contributed by atoms with Crippen molar-refractivity contribution in [3.05, 3.63) is 64.2 Å². The number of ether oxygens (including phenoxy) is 1. The average molecular weight is 470 g/mol. The first-order chi connectivity index (χ1) is 16.0. The zero-order valence-corrected chi connectivity index (χ0v) is 19.1. The van der Waals surface area contributed by atoms with Crippen LogP contribution in [0.1, 0.15) is 5.56 Å². The number of carbonyl (C=O) groups excluding carboxylic acids is 1. The first kappa shape index (κ1) is 22.9. The first-order valence-electron chi connectivity index (χ1n) is 11.0. The van der Waals surface area contributed by atoms with Gasteiger partial charge in [0.25, 0.3) is 5.69 Å². The Labute approximate surface area is 198 Å². The minimum Gasteiger partial charge on any atom is -0.378 e. The van der Waals surface area contributed by atoms with E-state index in [0.717, 1.165) is 11.3 Å². The number of piperazine rings is 1. The molecule has 1 amide bonds. The van der Waals surface area contributed by atoms with Gasteiger partial charge in [-0.1, -0.05) is 30.3 Å². The van der Waals surface area contributed by atoms with Crippen molar-refractivity contribution in [2.75, 3.05) is 62.3 Å². The fraction of sp³-hybridized carbons (Fsp3) is 0.391. The van der Waals surface area contributed by atoms with E-state index in [-0.39, 0.29) is 22.9 Å². The third-order valence-electron chi connectivity index (χ3n) is 5.89. The second-order valence-electron chi connectivity index (χ2n) is 8.02. The SMILES string of the molecule is O=C(Cc1ccccc1)NC(=S)N1CCN(c2ccc([N+](=O)[O-])c(N3CCOCC3)c2)CC1. The number of hydrogen-bond donors (Lipinski definition) is 1. The average Bonchev–Trinajstić information content (AvgIpc) is 2.85. The predicted octanol–water partition coefficient (Wildman–Crippen LogP) is 2.20. The quantitative estimate of drug-likeness (QED) is 0.405. The number of rotatable bonds is 5. The van der Waals surface area contributed by atoms with E-state index in [4.69, 9.17) is 17.0 Å². The van der Waals surface area contributed by atoms with Crippen LogP contribution in [0.5, 0.6) is 0 Å². The molecule has 0 atom stereocenters. The predicted molar refractivity (Wildman–Crippen MR) is 131 cm³/mol. The first-order valence-corrected chi connectivity index (χ1v) is 11.4. The molecule has 0 saturated carbocycles. The number of benzene rings is 2. The molecular weight excluding hydrogens is 442 g/mol. The molecule has 2 aliphatic rings. The summed E-state index contributed by atoms with van der Waals surface area (Å²) < 4.78 is 5.39. The molecule has 1 N–H and O–H groups in total. The van der Waals surface area contributed by atoms with Crippen LogP contribution in [0.25, 0.3) is 0 Å². The maximum absolute atomic E-state index is 12.3. The molecule has 2 aromatic rings. The van der Waals surface area contributed by atoms with Crippen LogP contribution in [-0.2, 0) is 16.0 Å². The van der Waals surface area contributed by atoms with Gasteiger partial charge in [-0.15, -0.1) is 0 Å². The summed E-state index contributed by atoms with van der Waals surface area (Å²) in [6, 6.07) is 14.8. The topological polar surface area (TPSA) is 91.2 Å². The molecule has 0 bridgehead atoms. The molecule has 0 spiro atoms. The maximum atomic E-state index is 12.3. The van der Waals surface area contributed by atoms with Gasteiger partial charge in [0.2, 0.25) is 5.91 Å². The van der Waals surface area contributed by atoms with E-state index in [1.807, 2.05) is 46.2 Å². The van der Waals surface area contributed by atoms with Crippen LogP contribution in [0.2, 0.25) is 0 Å². The molecule has 4 rings (SSSR count). The molecule has 2 heterocycles. The molecule has 2 fully saturated rings. The molecule has 10 heteroatoms. The van der Waals surface area contributed by atoms with Gasteiger partial charge in [0.05, 0.1) is 24.6 Å². The minimum absolute atomic E-state index is 0.113. The molecule has 0 aliphatic carbocycles. The van der Waals surface area contributed by atoms with E-state index in [9.17, 15) is 14.9 Å². The van der Waals surface area contributed by atoms with Crippen LogP contribution < -0.4 is 15.1 Å². The molecule has 2 aromatic carbocycles. The maximum Gasteiger partial charge on any atom is 0.292 e. The fourth-order valence-corrected chi connectivity index (χ4v) is 4.41. The van der Waals surface area contributed by atoms with Gasteiger partial charge in [-0.25, -0.2) is 0 Å². The Bertz CT molecular complexity index is 1010. The lowest BCUT2D eigenvalue weighted by Crippen LogP contribution is -2.53. The fourth-order valence-electron chi connectivity index (χ4n) is 4.11. The molecule has 33 heavy (non-hydrogen) atoms. The van der Waals surface area contributed by atoms with Crippen molar-refractivity contribution in [2.45, 2.75) is 6.42 Å². The monoisotopic (exact) mass is 469 g/mol. The summed E-state index contributed by atoms with van der Waals surface area (Å²) >= 11 is 5.46. The lowest BCUT2D eigenvalue weighted by Gasteiger charge is -2.37. The van der Waals surface area contributed by atoms with Crippen molar-refractivity contribution in [3.8, 4) is 0 Å². The lowest BCUT2D eigenvalue weighted by atomic mass is 10.1. The molecule has 2 aliphatic heterocycles. The second kappa shape index (κ2) is 10.6. The zero-order valence-electron chi connectivity index (χ0n) is 18.3. The summed E-state index contributed by atoms with van der Waals surface area (Å²) in [4.78, 5) is 29.7. The van der Waals surface area contributed by atoms with Crippen molar-refractivity contribution in [2.24, 2.45) is 0 Å². The third kappa shape index (κ3) is 5.77. The number of anilines is 2. The highest BCUT2D eigenvalue weighted by molar-refractivity contribution is 7.80. The highest BCUT2D eigenvalue weighted by Crippen LogP contribution is 2.33. The van der Waals surface area contributed by atoms with Crippen LogP contribution in [0, 0.1) is 10.1 Å². The molecule has 0 radical (unpaired) electrons. The third-order valence-corrected chi connectivity index (χ3v) is 6.25. The van der Waals surface area contributed by atoms with Gasteiger partial charge in [-0.05, 0) is 29.9 Å². The van der Waals surface area contributed by atoms with Crippen molar-refractivity contribution >= 4 is 40.3 Å².